The van der Waals surface area contributed by atoms with Crippen LogP contribution in [0.15, 0.2) is 0 Å². The van der Waals surface area contributed by atoms with E-state index in [9.17, 15) is 20.4 Å². The summed E-state index contributed by atoms with van der Waals surface area (Å²) in [6, 6.07) is 0. The van der Waals surface area contributed by atoms with Gasteiger partial charge in [-0.1, -0.05) is 0 Å². The molecule has 2 fully saturated rings. The second kappa shape index (κ2) is 7.27. The zero-order valence-electron chi connectivity index (χ0n) is 11.4. The summed E-state index contributed by atoms with van der Waals surface area (Å²) < 4.78 is 16.0. The Hall–Kier alpha value is -0.360. The zero-order chi connectivity index (χ0) is 15.6. The van der Waals surface area contributed by atoms with Crippen LogP contribution in [0.5, 0.6) is 0 Å². The number of hydrogen-bond donors (Lipinski definition) is 6. The maximum Gasteiger partial charge on any atom is 0.163 e. The lowest BCUT2D eigenvalue weighted by Crippen LogP contribution is -2.54. The summed E-state index contributed by atoms with van der Waals surface area (Å²) in [5.41, 5.74) is 0. The number of aliphatic hydroxyl groups excluding tert-OH is 6. The summed E-state index contributed by atoms with van der Waals surface area (Å²) in [6.07, 6.45) is -8.54. The van der Waals surface area contributed by atoms with E-state index < -0.39 is 62.4 Å². The number of rotatable bonds is 4. The highest BCUT2D eigenvalue weighted by molar-refractivity contribution is 4.85. The maximum atomic E-state index is 9.68. The minimum atomic E-state index is -1.21. The Morgan fingerprint density at radius 1 is 0.762 bits per heavy atom. The van der Waals surface area contributed by atoms with Gasteiger partial charge in [-0.15, -0.1) is 0 Å². The molecule has 2 aliphatic heterocycles. The molecule has 0 amide bonds. The molecular weight excluding hydrogens is 288 g/mol. The molecule has 6 N–H and O–H groups in total. The molecule has 0 spiro atoms. The first-order chi connectivity index (χ1) is 9.96. The molecule has 9 heteroatoms. The summed E-state index contributed by atoms with van der Waals surface area (Å²) in [6.45, 7) is -0.964. The fourth-order valence-corrected chi connectivity index (χ4v) is 2.48. The Balaban J connectivity index is 1.92. The molecule has 0 unspecified atom stereocenters. The zero-order valence-corrected chi connectivity index (χ0v) is 11.4. The first-order valence-corrected chi connectivity index (χ1v) is 6.86. The first kappa shape index (κ1) is 17.0. The van der Waals surface area contributed by atoms with Gasteiger partial charge in [0.25, 0.3) is 0 Å². The Labute approximate surface area is 121 Å². The first-order valence-electron chi connectivity index (χ1n) is 6.86. The second-order valence-corrected chi connectivity index (χ2v) is 5.30. The minimum absolute atomic E-state index is 0.0278. The minimum Gasteiger partial charge on any atom is -0.394 e. The van der Waals surface area contributed by atoms with Crippen LogP contribution < -0.4 is 0 Å². The van der Waals surface area contributed by atoms with Crippen molar-refractivity contribution in [3.63, 3.8) is 0 Å². The van der Waals surface area contributed by atoms with Crippen molar-refractivity contribution in [3.8, 4) is 0 Å². The van der Waals surface area contributed by atoms with Gasteiger partial charge in [0.1, 0.15) is 24.4 Å². The van der Waals surface area contributed by atoms with E-state index in [-0.39, 0.29) is 12.8 Å². The van der Waals surface area contributed by atoms with Gasteiger partial charge >= 0.3 is 0 Å². The third-order valence-corrected chi connectivity index (χ3v) is 3.73. The molecule has 8 atom stereocenters. The molecule has 0 aliphatic carbocycles. The van der Waals surface area contributed by atoms with Crippen LogP contribution in [-0.2, 0) is 14.2 Å². The smallest absolute Gasteiger partial charge is 0.163 e. The quantitative estimate of drug-likeness (QED) is 0.313. The van der Waals surface area contributed by atoms with Gasteiger partial charge in [0, 0.05) is 12.8 Å². The molecule has 0 radical (unpaired) electrons. The lowest BCUT2D eigenvalue weighted by Gasteiger charge is -2.40. The third kappa shape index (κ3) is 3.89. The monoisotopic (exact) mass is 310 g/mol. The van der Waals surface area contributed by atoms with E-state index in [1.807, 2.05) is 0 Å². The highest BCUT2D eigenvalue weighted by atomic mass is 16.8. The lowest BCUT2D eigenvalue weighted by molar-refractivity contribution is -0.333. The third-order valence-electron chi connectivity index (χ3n) is 3.73. The SMILES string of the molecule is OC[C@H]1O[C@@H](O[C@@H]2C[C@H](O)[C@H](O)[C@@H](CO)O2)C[C@H](O)[C@@H]1O. The van der Waals surface area contributed by atoms with E-state index in [0.29, 0.717) is 0 Å². The summed E-state index contributed by atoms with van der Waals surface area (Å²) in [5, 5.41) is 56.7. The van der Waals surface area contributed by atoms with Gasteiger partial charge in [-0.25, -0.2) is 0 Å². The van der Waals surface area contributed by atoms with Crippen LogP contribution >= 0.6 is 0 Å². The van der Waals surface area contributed by atoms with Crippen LogP contribution in [0.3, 0.4) is 0 Å². The van der Waals surface area contributed by atoms with E-state index in [4.69, 9.17) is 24.4 Å². The van der Waals surface area contributed by atoms with E-state index in [2.05, 4.69) is 0 Å². The lowest BCUT2D eigenvalue weighted by atomic mass is 10.0. The molecule has 124 valence electrons. The average molecular weight is 310 g/mol. The van der Waals surface area contributed by atoms with Gasteiger partial charge in [-0.2, -0.15) is 0 Å². The summed E-state index contributed by atoms with van der Waals surface area (Å²) in [7, 11) is 0. The van der Waals surface area contributed by atoms with E-state index in [1.54, 1.807) is 0 Å². The highest BCUT2D eigenvalue weighted by Gasteiger charge is 2.41. The largest absolute Gasteiger partial charge is 0.394 e. The fourth-order valence-electron chi connectivity index (χ4n) is 2.48. The topological polar surface area (TPSA) is 149 Å². The average Bonchev–Trinajstić information content (AvgIpc) is 2.46. The van der Waals surface area contributed by atoms with Gasteiger partial charge in [-0.05, 0) is 0 Å². The van der Waals surface area contributed by atoms with Gasteiger partial charge in [0.2, 0.25) is 0 Å². The van der Waals surface area contributed by atoms with Gasteiger partial charge in [-0.3, -0.25) is 0 Å². The van der Waals surface area contributed by atoms with Gasteiger partial charge in [0.05, 0.1) is 25.4 Å². The van der Waals surface area contributed by atoms with Crippen LogP contribution in [0.2, 0.25) is 0 Å². The summed E-state index contributed by atoms with van der Waals surface area (Å²) in [4.78, 5) is 0. The second-order valence-electron chi connectivity index (χ2n) is 5.30. The molecule has 0 aromatic carbocycles. The molecule has 2 saturated heterocycles. The number of hydrogen-bond acceptors (Lipinski definition) is 9. The van der Waals surface area contributed by atoms with Crippen molar-refractivity contribution in [2.75, 3.05) is 13.2 Å². The Kier molecular flexibility index (Phi) is 5.88. The van der Waals surface area contributed by atoms with Crippen LogP contribution in [-0.4, -0.2) is 93.1 Å². The Bertz CT molecular complexity index is 298. The van der Waals surface area contributed by atoms with Crippen molar-refractivity contribution in [2.24, 2.45) is 0 Å². The van der Waals surface area contributed by atoms with Crippen molar-refractivity contribution < 1.29 is 44.8 Å². The van der Waals surface area contributed by atoms with E-state index in [1.165, 1.54) is 0 Å². The molecule has 2 heterocycles. The maximum absolute atomic E-state index is 9.68. The predicted octanol–water partition coefficient (Wildman–Crippen LogP) is -3.34. The normalized spacial score (nSPS) is 48.3. The van der Waals surface area contributed by atoms with Crippen LogP contribution in [0.4, 0.5) is 0 Å². The van der Waals surface area contributed by atoms with Crippen molar-refractivity contribution >= 4 is 0 Å². The van der Waals surface area contributed by atoms with Gasteiger partial charge in [0.15, 0.2) is 12.6 Å². The van der Waals surface area contributed by atoms with Crippen LogP contribution in [0.25, 0.3) is 0 Å². The van der Waals surface area contributed by atoms with Crippen LogP contribution in [0.1, 0.15) is 12.8 Å². The molecule has 21 heavy (non-hydrogen) atoms. The van der Waals surface area contributed by atoms with E-state index >= 15 is 0 Å². The molecule has 0 bridgehead atoms. The van der Waals surface area contributed by atoms with Gasteiger partial charge < -0.3 is 44.8 Å². The molecule has 0 aromatic heterocycles. The molecule has 0 saturated carbocycles. The van der Waals surface area contributed by atoms with Crippen molar-refractivity contribution in [1.29, 1.82) is 0 Å². The molecular formula is C12H22O9. The van der Waals surface area contributed by atoms with Crippen LogP contribution in [0, 0.1) is 0 Å². The number of aliphatic hydroxyl groups is 6. The Morgan fingerprint density at radius 2 is 1.14 bits per heavy atom. The number of ether oxygens (including phenoxy) is 3. The van der Waals surface area contributed by atoms with Crippen molar-refractivity contribution in [3.05, 3.63) is 0 Å². The predicted molar refractivity (Wildman–Crippen MR) is 65.8 cm³/mol. The Morgan fingerprint density at radius 3 is 1.48 bits per heavy atom. The molecule has 2 aliphatic rings. The summed E-state index contributed by atoms with van der Waals surface area (Å²) >= 11 is 0. The fraction of sp³-hybridized carbons (Fsp3) is 1.00. The van der Waals surface area contributed by atoms with Crippen molar-refractivity contribution in [2.45, 2.75) is 62.0 Å². The molecule has 0 aromatic rings. The summed E-state index contributed by atoms with van der Waals surface area (Å²) in [5.74, 6) is 0. The highest BCUT2D eigenvalue weighted by Crippen LogP contribution is 2.27. The standard InChI is InChI=1S/C12H22O9/c13-3-7-11(17)5(15)1-9(19-7)21-10-2-6(16)12(18)8(4-14)20-10/h5-18H,1-4H2/t5-,6-,7+,8+,9-,10+,11-,12-/m0/s1. The van der Waals surface area contributed by atoms with Crippen molar-refractivity contribution in [1.82, 2.24) is 0 Å². The van der Waals surface area contributed by atoms with E-state index in [0.717, 1.165) is 0 Å². The molecule has 9 nitrogen and oxygen atoms in total. The molecule has 2 rings (SSSR count).